The molecule has 1 aliphatic rings. The number of carbonyl (C=O) groups is 2. The van der Waals surface area contributed by atoms with Crippen LogP contribution in [0.5, 0.6) is 0 Å². The van der Waals surface area contributed by atoms with Crippen molar-refractivity contribution in [2.24, 2.45) is 0 Å². The molecule has 2 heterocycles. The molecule has 100 valence electrons. The Morgan fingerprint density at radius 1 is 1.20 bits per heavy atom. The van der Waals surface area contributed by atoms with Crippen LogP contribution in [0, 0.1) is 0 Å². The van der Waals surface area contributed by atoms with Gasteiger partial charge < -0.3 is 10.6 Å². The molecule has 3 rings (SSSR count). The van der Waals surface area contributed by atoms with Crippen LogP contribution >= 0.6 is 0 Å². The number of benzene rings is 1. The minimum absolute atomic E-state index is 0.148. The van der Waals surface area contributed by atoms with E-state index in [1.165, 1.54) is 0 Å². The maximum atomic E-state index is 12.3. The minimum Gasteiger partial charge on any atom is -0.326 e. The van der Waals surface area contributed by atoms with Gasteiger partial charge in [0.25, 0.3) is 0 Å². The Balaban J connectivity index is 1.87. The standard InChI is InChI=1S/C15H13N3O2/c19-14-9-11(10-5-1-2-6-12(10)17-14)15(20)18-13-7-3-4-8-16-13/h1-8,11H,9H2,(H,17,19)(H,16,18,20). The maximum Gasteiger partial charge on any atom is 0.233 e. The zero-order chi connectivity index (χ0) is 13.9. The number of nitrogens with one attached hydrogen (secondary N) is 2. The molecular weight excluding hydrogens is 254 g/mol. The Bertz CT molecular complexity index is 655. The lowest BCUT2D eigenvalue weighted by Gasteiger charge is -2.24. The summed E-state index contributed by atoms with van der Waals surface area (Å²) in [6, 6.07) is 12.6. The van der Waals surface area contributed by atoms with Gasteiger partial charge in [0.15, 0.2) is 0 Å². The number of amides is 2. The molecule has 1 aromatic heterocycles. The van der Waals surface area contributed by atoms with Crippen molar-refractivity contribution >= 4 is 23.3 Å². The minimum atomic E-state index is -0.484. The van der Waals surface area contributed by atoms with Crippen LogP contribution in [0.25, 0.3) is 0 Å². The molecule has 0 radical (unpaired) electrons. The van der Waals surface area contributed by atoms with Gasteiger partial charge in [-0.25, -0.2) is 4.98 Å². The van der Waals surface area contributed by atoms with Crippen molar-refractivity contribution in [3.63, 3.8) is 0 Å². The third-order valence-corrected chi connectivity index (χ3v) is 3.23. The molecule has 1 aliphatic heterocycles. The van der Waals surface area contributed by atoms with Gasteiger partial charge in [-0.05, 0) is 23.8 Å². The van der Waals surface area contributed by atoms with Crippen LogP contribution in [0.2, 0.25) is 0 Å². The zero-order valence-corrected chi connectivity index (χ0v) is 10.7. The molecule has 1 aromatic carbocycles. The van der Waals surface area contributed by atoms with E-state index in [4.69, 9.17) is 0 Å². The van der Waals surface area contributed by atoms with E-state index in [-0.39, 0.29) is 18.2 Å². The van der Waals surface area contributed by atoms with Crippen molar-refractivity contribution in [3.05, 3.63) is 54.2 Å². The number of rotatable bonds is 2. The Morgan fingerprint density at radius 2 is 2.00 bits per heavy atom. The summed E-state index contributed by atoms with van der Waals surface area (Å²) in [6.07, 6.45) is 1.76. The molecular formula is C15H13N3O2. The number of aromatic nitrogens is 1. The van der Waals surface area contributed by atoms with E-state index in [0.29, 0.717) is 11.5 Å². The molecule has 0 bridgehead atoms. The quantitative estimate of drug-likeness (QED) is 0.875. The molecule has 2 aromatic rings. The lowest BCUT2D eigenvalue weighted by atomic mass is 9.90. The first-order valence-electron chi connectivity index (χ1n) is 6.35. The number of carbonyl (C=O) groups excluding carboxylic acids is 2. The molecule has 0 fully saturated rings. The molecule has 20 heavy (non-hydrogen) atoms. The van der Waals surface area contributed by atoms with Gasteiger partial charge >= 0.3 is 0 Å². The van der Waals surface area contributed by atoms with Crippen molar-refractivity contribution in [3.8, 4) is 0 Å². The van der Waals surface area contributed by atoms with Crippen molar-refractivity contribution < 1.29 is 9.59 Å². The van der Waals surface area contributed by atoms with E-state index in [2.05, 4.69) is 15.6 Å². The first-order valence-corrected chi connectivity index (χ1v) is 6.35. The van der Waals surface area contributed by atoms with Crippen molar-refractivity contribution in [1.82, 2.24) is 4.98 Å². The smallest absolute Gasteiger partial charge is 0.233 e. The molecule has 2 amide bonds. The van der Waals surface area contributed by atoms with Crippen LogP contribution in [0.4, 0.5) is 11.5 Å². The fraction of sp³-hybridized carbons (Fsp3) is 0.133. The highest BCUT2D eigenvalue weighted by atomic mass is 16.2. The third kappa shape index (κ3) is 2.38. The van der Waals surface area contributed by atoms with Gasteiger partial charge in [-0.1, -0.05) is 24.3 Å². The number of anilines is 2. The molecule has 0 saturated heterocycles. The molecule has 1 atom stereocenters. The number of hydrogen-bond donors (Lipinski definition) is 2. The molecule has 0 spiro atoms. The number of nitrogens with zero attached hydrogens (tertiary/aromatic N) is 1. The molecule has 2 N–H and O–H groups in total. The van der Waals surface area contributed by atoms with Crippen LogP contribution in [0.15, 0.2) is 48.7 Å². The second-order valence-corrected chi connectivity index (χ2v) is 4.60. The summed E-state index contributed by atoms with van der Waals surface area (Å²) in [6.45, 7) is 0. The average molecular weight is 267 g/mol. The SMILES string of the molecule is O=C1CC(C(=O)Nc2ccccn2)c2ccccc2N1. The molecule has 5 nitrogen and oxygen atoms in total. The van der Waals surface area contributed by atoms with Crippen LogP contribution in [0.3, 0.4) is 0 Å². The highest BCUT2D eigenvalue weighted by Gasteiger charge is 2.30. The summed E-state index contributed by atoms with van der Waals surface area (Å²) < 4.78 is 0. The van der Waals surface area contributed by atoms with Crippen molar-refractivity contribution in [2.45, 2.75) is 12.3 Å². The van der Waals surface area contributed by atoms with Crippen LogP contribution in [0.1, 0.15) is 17.9 Å². The largest absolute Gasteiger partial charge is 0.326 e. The van der Waals surface area contributed by atoms with E-state index in [1.807, 2.05) is 18.2 Å². The molecule has 1 unspecified atom stereocenters. The zero-order valence-electron chi connectivity index (χ0n) is 10.7. The van der Waals surface area contributed by atoms with Crippen LogP contribution < -0.4 is 10.6 Å². The summed E-state index contributed by atoms with van der Waals surface area (Å²) in [7, 11) is 0. The summed E-state index contributed by atoms with van der Waals surface area (Å²) in [4.78, 5) is 28.1. The number of pyridine rings is 1. The fourth-order valence-corrected chi connectivity index (χ4v) is 2.30. The van der Waals surface area contributed by atoms with Crippen LogP contribution in [-0.2, 0) is 9.59 Å². The van der Waals surface area contributed by atoms with Gasteiger partial charge in [0.05, 0.1) is 5.92 Å². The fourth-order valence-electron chi connectivity index (χ4n) is 2.30. The van der Waals surface area contributed by atoms with Gasteiger partial charge in [-0.3, -0.25) is 9.59 Å². The van der Waals surface area contributed by atoms with Crippen LogP contribution in [-0.4, -0.2) is 16.8 Å². The van der Waals surface area contributed by atoms with Crippen molar-refractivity contribution in [2.75, 3.05) is 10.6 Å². The first kappa shape index (κ1) is 12.3. The Kier molecular flexibility index (Phi) is 3.16. The Labute approximate surface area is 116 Å². The van der Waals surface area contributed by atoms with Gasteiger partial charge in [0, 0.05) is 18.3 Å². The van der Waals surface area contributed by atoms with E-state index < -0.39 is 5.92 Å². The Morgan fingerprint density at radius 3 is 2.80 bits per heavy atom. The number of para-hydroxylation sites is 1. The topological polar surface area (TPSA) is 71.1 Å². The lowest BCUT2D eigenvalue weighted by Crippen LogP contribution is -2.30. The van der Waals surface area contributed by atoms with Crippen molar-refractivity contribution in [1.29, 1.82) is 0 Å². The highest BCUT2D eigenvalue weighted by Crippen LogP contribution is 2.32. The summed E-state index contributed by atoms with van der Waals surface area (Å²) >= 11 is 0. The predicted octanol–water partition coefficient (Wildman–Crippen LogP) is 2.15. The molecule has 0 aliphatic carbocycles. The summed E-state index contributed by atoms with van der Waals surface area (Å²) in [5, 5.41) is 5.52. The van der Waals surface area contributed by atoms with E-state index in [1.54, 1.807) is 30.5 Å². The summed E-state index contributed by atoms with van der Waals surface area (Å²) in [5.41, 5.74) is 1.53. The van der Waals surface area contributed by atoms with E-state index in [9.17, 15) is 9.59 Å². The van der Waals surface area contributed by atoms with E-state index in [0.717, 1.165) is 5.56 Å². The lowest BCUT2D eigenvalue weighted by molar-refractivity contribution is -0.123. The predicted molar refractivity (Wildman–Crippen MR) is 75.3 cm³/mol. The van der Waals surface area contributed by atoms with Gasteiger partial charge in [0.2, 0.25) is 11.8 Å². The Hall–Kier alpha value is -2.69. The average Bonchev–Trinajstić information content (AvgIpc) is 2.47. The number of hydrogen-bond acceptors (Lipinski definition) is 3. The van der Waals surface area contributed by atoms with E-state index >= 15 is 0 Å². The van der Waals surface area contributed by atoms with Gasteiger partial charge in [0.1, 0.15) is 5.82 Å². The second-order valence-electron chi connectivity index (χ2n) is 4.60. The second kappa shape index (κ2) is 5.13. The maximum absolute atomic E-state index is 12.3. The van der Waals surface area contributed by atoms with Gasteiger partial charge in [-0.2, -0.15) is 0 Å². The molecule has 5 heteroatoms. The van der Waals surface area contributed by atoms with Gasteiger partial charge in [-0.15, -0.1) is 0 Å². The highest BCUT2D eigenvalue weighted by molar-refractivity contribution is 6.04. The summed E-state index contributed by atoms with van der Waals surface area (Å²) in [5.74, 6) is -0.362. The normalized spacial score (nSPS) is 17.0. The third-order valence-electron chi connectivity index (χ3n) is 3.23. The first-order chi connectivity index (χ1) is 9.74. The molecule has 0 saturated carbocycles. The number of fused-ring (bicyclic) bond motifs is 1. The monoisotopic (exact) mass is 267 g/mol.